The second-order valence-electron chi connectivity index (χ2n) is 6.91. The number of carboxylic acids is 1. The van der Waals surface area contributed by atoms with Gasteiger partial charge in [0, 0.05) is 24.3 Å². The van der Waals surface area contributed by atoms with Crippen LogP contribution in [0.2, 0.25) is 0 Å². The number of aliphatic hydroxyl groups is 1. The quantitative estimate of drug-likeness (QED) is 0.766. The van der Waals surface area contributed by atoms with Crippen LogP contribution in [0, 0.1) is 23.2 Å². The fourth-order valence-corrected chi connectivity index (χ4v) is 4.89. The highest BCUT2D eigenvalue weighted by atomic mass is 16.4. The third-order valence-electron chi connectivity index (χ3n) is 6.00. The maximum atomic E-state index is 12.2. The lowest BCUT2D eigenvalue weighted by Gasteiger charge is -2.47. The molecule has 0 aromatic rings. The van der Waals surface area contributed by atoms with Crippen molar-refractivity contribution in [1.29, 1.82) is 0 Å². The molecule has 4 atom stereocenters. The van der Waals surface area contributed by atoms with E-state index in [2.05, 4.69) is 6.92 Å². The minimum Gasteiger partial charge on any atom is -0.512 e. The highest BCUT2D eigenvalue weighted by molar-refractivity contribution is 5.87. The molecule has 3 aliphatic rings. The first-order chi connectivity index (χ1) is 9.93. The number of carbonyl (C=O) groups excluding carboxylic acids is 1. The summed E-state index contributed by atoms with van der Waals surface area (Å²) in [5.74, 6) is 0.742. The van der Waals surface area contributed by atoms with Crippen molar-refractivity contribution in [2.24, 2.45) is 23.2 Å². The zero-order valence-corrected chi connectivity index (χ0v) is 12.3. The van der Waals surface area contributed by atoms with E-state index in [0.717, 1.165) is 37.3 Å². The molecule has 3 aliphatic carbocycles. The molecule has 0 amide bonds. The molecular formula is C17H22O4. The Bertz CT molecular complexity index is 545. The van der Waals surface area contributed by atoms with Crippen molar-refractivity contribution < 1.29 is 19.8 Å². The second kappa shape index (κ2) is 5.00. The summed E-state index contributed by atoms with van der Waals surface area (Å²) < 4.78 is 0. The summed E-state index contributed by atoms with van der Waals surface area (Å²) in [5, 5.41) is 19.0. The van der Waals surface area contributed by atoms with Crippen molar-refractivity contribution >= 4 is 11.8 Å². The number of Topliss-reactive ketones (excluding diaryl/α,β-unsaturated/α-hetero) is 1. The first kappa shape index (κ1) is 14.4. The van der Waals surface area contributed by atoms with E-state index in [0.29, 0.717) is 36.2 Å². The van der Waals surface area contributed by atoms with Gasteiger partial charge in [-0.1, -0.05) is 6.92 Å². The minimum absolute atomic E-state index is 0.185. The maximum absolute atomic E-state index is 12.2. The van der Waals surface area contributed by atoms with Crippen molar-refractivity contribution in [1.82, 2.24) is 0 Å². The van der Waals surface area contributed by atoms with E-state index in [-0.39, 0.29) is 11.3 Å². The maximum Gasteiger partial charge on any atom is 0.328 e. The molecule has 0 saturated heterocycles. The summed E-state index contributed by atoms with van der Waals surface area (Å²) in [4.78, 5) is 23.0. The molecule has 0 aromatic heterocycles. The Hall–Kier alpha value is -1.58. The SMILES string of the molecule is CC12CCC3C(/C=C/C(=O)O)=C(O)CCC3[C@@H]1CCC2=O. The van der Waals surface area contributed by atoms with Crippen molar-refractivity contribution in [3.63, 3.8) is 0 Å². The summed E-state index contributed by atoms with van der Waals surface area (Å²) in [6.07, 6.45) is 7.54. The van der Waals surface area contributed by atoms with Crippen molar-refractivity contribution in [3.05, 3.63) is 23.5 Å². The number of aliphatic carboxylic acids is 1. The molecule has 0 aromatic carbocycles. The van der Waals surface area contributed by atoms with Crippen molar-refractivity contribution in [2.75, 3.05) is 0 Å². The smallest absolute Gasteiger partial charge is 0.328 e. The Labute approximate surface area is 124 Å². The zero-order chi connectivity index (χ0) is 15.2. The van der Waals surface area contributed by atoms with Gasteiger partial charge in [-0.25, -0.2) is 4.79 Å². The first-order valence-electron chi connectivity index (χ1n) is 7.80. The lowest BCUT2D eigenvalue weighted by molar-refractivity contribution is -0.131. The van der Waals surface area contributed by atoms with Gasteiger partial charge in [0.15, 0.2) is 0 Å². The van der Waals surface area contributed by atoms with Crippen LogP contribution >= 0.6 is 0 Å². The van der Waals surface area contributed by atoms with Gasteiger partial charge in [-0.15, -0.1) is 0 Å². The van der Waals surface area contributed by atoms with Crippen LogP contribution in [0.25, 0.3) is 0 Å². The van der Waals surface area contributed by atoms with Crippen LogP contribution in [0.5, 0.6) is 0 Å². The Kier molecular flexibility index (Phi) is 3.42. The van der Waals surface area contributed by atoms with Crippen molar-refractivity contribution in [3.8, 4) is 0 Å². The molecule has 2 saturated carbocycles. The summed E-state index contributed by atoms with van der Waals surface area (Å²) in [6.45, 7) is 2.11. The summed E-state index contributed by atoms with van der Waals surface area (Å²) in [7, 11) is 0. The molecular weight excluding hydrogens is 268 g/mol. The zero-order valence-electron chi connectivity index (χ0n) is 12.3. The largest absolute Gasteiger partial charge is 0.512 e. The monoisotopic (exact) mass is 290 g/mol. The molecule has 3 unspecified atom stereocenters. The van der Waals surface area contributed by atoms with Gasteiger partial charge in [-0.05, 0) is 55.1 Å². The van der Waals surface area contributed by atoms with Crippen LogP contribution in [0.1, 0.15) is 45.4 Å². The normalized spacial score (nSPS) is 39.5. The van der Waals surface area contributed by atoms with E-state index in [4.69, 9.17) is 5.11 Å². The highest BCUT2D eigenvalue weighted by Crippen LogP contribution is 2.58. The van der Waals surface area contributed by atoms with Gasteiger partial charge in [0.25, 0.3) is 0 Å². The number of fused-ring (bicyclic) bond motifs is 3. The fourth-order valence-electron chi connectivity index (χ4n) is 4.89. The van der Waals surface area contributed by atoms with Crippen LogP contribution in [0.3, 0.4) is 0 Å². The van der Waals surface area contributed by atoms with E-state index in [1.165, 1.54) is 0 Å². The van der Waals surface area contributed by atoms with Gasteiger partial charge in [-0.2, -0.15) is 0 Å². The number of aliphatic hydroxyl groups excluding tert-OH is 1. The number of carboxylic acid groups (broad SMARTS) is 1. The summed E-state index contributed by atoms with van der Waals surface area (Å²) in [5.41, 5.74) is 0.602. The van der Waals surface area contributed by atoms with Crippen LogP contribution < -0.4 is 0 Å². The summed E-state index contributed by atoms with van der Waals surface area (Å²) in [6, 6.07) is 0. The predicted molar refractivity (Wildman–Crippen MR) is 77.7 cm³/mol. The molecule has 4 nitrogen and oxygen atoms in total. The van der Waals surface area contributed by atoms with Gasteiger partial charge in [0.05, 0.1) is 5.76 Å². The number of rotatable bonds is 2. The molecule has 2 N–H and O–H groups in total. The minimum atomic E-state index is -0.992. The van der Waals surface area contributed by atoms with Gasteiger partial charge in [0.2, 0.25) is 0 Å². The fraction of sp³-hybridized carbons (Fsp3) is 0.647. The molecule has 3 rings (SSSR count). The molecule has 0 bridgehead atoms. The van der Waals surface area contributed by atoms with E-state index in [1.54, 1.807) is 6.08 Å². The highest BCUT2D eigenvalue weighted by Gasteiger charge is 2.54. The van der Waals surface area contributed by atoms with E-state index < -0.39 is 5.97 Å². The van der Waals surface area contributed by atoms with Crippen LogP contribution in [-0.2, 0) is 9.59 Å². The van der Waals surface area contributed by atoms with Gasteiger partial charge in [0.1, 0.15) is 5.78 Å². The molecule has 4 heteroatoms. The Balaban J connectivity index is 1.91. The summed E-state index contributed by atoms with van der Waals surface area (Å²) >= 11 is 0. The molecule has 0 radical (unpaired) electrons. The average molecular weight is 290 g/mol. The standard InChI is InChI=1S/C17H22O4/c1-17-9-8-10-11(13(17)4-6-15(17)19)2-5-14(18)12(10)3-7-16(20)21/h3,7,10-11,13,18H,2,4-6,8-9H2,1H3,(H,20,21)/b7-3+/t10?,11?,13-,17?/m0/s1. The van der Waals surface area contributed by atoms with Crippen LogP contribution in [-0.4, -0.2) is 22.0 Å². The van der Waals surface area contributed by atoms with E-state index in [9.17, 15) is 14.7 Å². The Morgan fingerprint density at radius 1 is 1.29 bits per heavy atom. The van der Waals surface area contributed by atoms with E-state index >= 15 is 0 Å². The van der Waals surface area contributed by atoms with Crippen LogP contribution in [0.15, 0.2) is 23.5 Å². The Morgan fingerprint density at radius 2 is 2.05 bits per heavy atom. The molecule has 0 spiro atoms. The van der Waals surface area contributed by atoms with E-state index in [1.807, 2.05) is 0 Å². The molecule has 114 valence electrons. The first-order valence-corrected chi connectivity index (χ1v) is 7.80. The van der Waals surface area contributed by atoms with Gasteiger partial charge < -0.3 is 10.2 Å². The molecule has 0 aliphatic heterocycles. The second-order valence-corrected chi connectivity index (χ2v) is 6.91. The topological polar surface area (TPSA) is 74.6 Å². The van der Waals surface area contributed by atoms with Gasteiger partial charge in [-0.3, -0.25) is 4.79 Å². The number of ketones is 1. The number of allylic oxidation sites excluding steroid dienone is 3. The number of hydrogen-bond acceptors (Lipinski definition) is 3. The Morgan fingerprint density at radius 3 is 2.76 bits per heavy atom. The van der Waals surface area contributed by atoms with Gasteiger partial charge >= 0.3 is 5.97 Å². The molecule has 0 heterocycles. The lowest BCUT2D eigenvalue weighted by atomic mass is 9.56. The number of carbonyl (C=O) groups is 2. The third kappa shape index (κ3) is 2.21. The number of hydrogen-bond donors (Lipinski definition) is 2. The van der Waals surface area contributed by atoms with Crippen molar-refractivity contribution in [2.45, 2.75) is 45.4 Å². The predicted octanol–water partition coefficient (Wildman–Crippen LogP) is 3.24. The lowest BCUT2D eigenvalue weighted by Crippen LogP contribution is -2.43. The molecule has 21 heavy (non-hydrogen) atoms. The third-order valence-corrected chi connectivity index (χ3v) is 6.00. The average Bonchev–Trinajstić information content (AvgIpc) is 2.74. The van der Waals surface area contributed by atoms with Crippen LogP contribution in [0.4, 0.5) is 0 Å². The molecule has 2 fully saturated rings.